The van der Waals surface area contributed by atoms with Gasteiger partial charge in [-0.1, -0.05) is 12.1 Å². The minimum absolute atomic E-state index is 0.0196. The van der Waals surface area contributed by atoms with Gasteiger partial charge in [0, 0.05) is 18.9 Å². The molecule has 27 heavy (non-hydrogen) atoms. The zero-order valence-corrected chi connectivity index (χ0v) is 16.1. The highest BCUT2D eigenvalue weighted by Crippen LogP contribution is 2.31. The molecule has 2 atom stereocenters. The lowest BCUT2D eigenvalue weighted by Gasteiger charge is -2.23. The first-order chi connectivity index (χ1) is 13.2. The topological polar surface area (TPSA) is 61.2 Å². The minimum atomic E-state index is -0.0196. The van der Waals surface area contributed by atoms with Gasteiger partial charge in [0.1, 0.15) is 23.3 Å². The van der Waals surface area contributed by atoms with E-state index in [1.807, 2.05) is 42.5 Å². The van der Waals surface area contributed by atoms with E-state index < -0.39 is 0 Å². The number of carbonyl (C=O) groups excluding carboxylic acids is 1. The van der Waals surface area contributed by atoms with E-state index in [0.29, 0.717) is 18.0 Å². The number of hydrogen-bond acceptors (Lipinski definition) is 4. The van der Waals surface area contributed by atoms with Crippen molar-refractivity contribution in [2.45, 2.75) is 18.9 Å². The van der Waals surface area contributed by atoms with Crippen LogP contribution in [0.15, 0.2) is 42.5 Å². The second-order valence-corrected chi connectivity index (χ2v) is 6.64. The Labute approximate surface area is 160 Å². The van der Waals surface area contributed by atoms with Crippen LogP contribution in [0.25, 0.3) is 0 Å². The third-order valence-corrected chi connectivity index (χ3v) is 5.07. The Kier molecular flexibility index (Phi) is 6.19. The average molecular weight is 371 g/mol. The standard InChI is InChI=1S/C21H26N2O4/c1-25-15-10-11-16(20(13-15)27-3)18-8-6-12-23(18)14-21(24)22-17-7-4-5-9-19(17)26-2/h4-5,7,9-11,13,18H,6,8,12,14H2,1-3H3,(H,22,24)/p+1/t18-/m0/s1. The van der Waals surface area contributed by atoms with E-state index in [4.69, 9.17) is 14.2 Å². The van der Waals surface area contributed by atoms with E-state index >= 15 is 0 Å². The van der Waals surface area contributed by atoms with Gasteiger partial charge >= 0.3 is 0 Å². The third-order valence-electron chi connectivity index (χ3n) is 5.07. The Balaban J connectivity index is 1.72. The fourth-order valence-electron chi connectivity index (χ4n) is 3.75. The quantitative estimate of drug-likeness (QED) is 0.782. The van der Waals surface area contributed by atoms with E-state index in [1.165, 1.54) is 4.90 Å². The summed E-state index contributed by atoms with van der Waals surface area (Å²) >= 11 is 0. The fraction of sp³-hybridized carbons (Fsp3) is 0.381. The van der Waals surface area contributed by atoms with Gasteiger partial charge in [-0.2, -0.15) is 0 Å². The molecule has 2 N–H and O–H groups in total. The van der Waals surface area contributed by atoms with Crippen LogP contribution in [0.1, 0.15) is 24.4 Å². The van der Waals surface area contributed by atoms with Crippen LogP contribution in [0, 0.1) is 0 Å². The Hall–Kier alpha value is -2.73. The summed E-state index contributed by atoms with van der Waals surface area (Å²) in [6.45, 7) is 1.36. The SMILES string of the molecule is COc1ccc([C@@H]2CCC[NH+]2CC(=O)Nc2ccccc2OC)c(OC)c1. The lowest BCUT2D eigenvalue weighted by Crippen LogP contribution is -3.11. The first-order valence-electron chi connectivity index (χ1n) is 9.15. The zero-order chi connectivity index (χ0) is 19.2. The number of rotatable bonds is 7. The molecule has 2 aromatic carbocycles. The predicted molar refractivity (Wildman–Crippen MR) is 104 cm³/mol. The van der Waals surface area contributed by atoms with E-state index in [2.05, 4.69) is 5.32 Å². The number of likely N-dealkylation sites (tertiary alicyclic amines) is 1. The molecule has 1 amide bonds. The number of benzene rings is 2. The maximum atomic E-state index is 12.6. The van der Waals surface area contributed by atoms with Crippen LogP contribution in [0.4, 0.5) is 5.69 Å². The van der Waals surface area contributed by atoms with E-state index in [9.17, 15) is 4.79 Å². The van der Waals surface area contributed by atoms with Gasteiger partial charge in [0.25, 0.3) is 5.91 Å². The van der Waals surface area contributed by atoms with E-state index in [1.54, 1.807) is 21.3 Å². The Morgan fingerprint density at radius 2 is 1.85 bits per heavy atom. The molecule has 1 saturated heterocycles. The fourth-order valence-corrected chi connectivity index (χ4v) is 3.75. The number of para-hydroxylation sites is 2. The molecule has 0 bridgehead atoms. The summed E-state index contributed by atoms with van der Waals surface area (Å²) in [5.41, 5.74) is 1.82. The van der Waals surface area contributed by atoms with Crippen molar-refractivity contribution >= 4 is 11.6 Å². The number of nitrogens with one attached hydrogen (secondary N) is 2. The molecule has 1 fully saturated rings. The van der Waals surface area contributed by atoms with Crippen molar-refractivity contribution < 1.29 is 23.9 Å². The molecule has 0 spiro atoms. The van der Waals surface area contributed by atoms with Gasteiger partial charge in [-0.05, 0) is 24.3 Å². The number of ether oxygens (including phenoxy) is 3. The third kappa shape index (κ3) is 4.34. The second-order valence-electron chi connectivity index (χ2n) is 6.64. The second kappa shape index (κ2) is 8.77. The summed E-state index contributed by atoms with van der Waals surface area (Å²) in [5, 5.41) is 2.97. The molecule has 1 aliphatic rings. The van der Waals surface area contributed by atoms with Crippen molar-refractivity contribution in [3.8, 4) is 17.2 Å². The van der Waals surface area contributed by atoms with E-state index in [0.717, 1.165) is 36.4 Å². The van der Waals surface area contributed by atoms with Gasteiger partial charge in [-0.3, -0.25) is 4.79 Å². The first kappa shape index (κ1) is 19.0. The number of carbonyl (C=O) groups is 1. The summed E-state index contributed by atoms with van der Waals surface area (Å²) < 4.78 is 16.2. The Bertz CT molecular complexity index is 794. The van der Waals surface area contributed by atoms with Crippen LogP contribution in [0.5, 0.6) is 17.2 Å². The first-order valence-corrected chi connectivity index (χ1v) is 9.15. The zero-order valence-electron chi connectivity index (χ0n) is 16.1. The summed E-state index contributed by atoms with van der Waals surface area (Å²) in [6, 6.07) is 13.6. The molecule has 0 aromatic heterocycles. The highest BCUT2D eigenvalue weighted by molar-refractivity contribution is 5.92. The Morgan fingerprint density at radius 1 is 1.07 bits per heavy atom. The maximum absolute atomic E-state index is 12.6. The molecule has 144 valence electrons. The van der Waals surface area contributed by atoms with Crippen molar-refractivity contribution in [1.29, 1.82) is 0 Å². The molecule has 0 radical (unpaired) electrons. The van der Waals surface area contributed by atoms with Crippen LogP contribution in [0.3, 0.4) is 0 Å². The van der Waals surface area contributed by atoms with Gasteiger partial charge in [0.15, 0.2) is 6.54 Å². The summed E-state index contributed by atoms with van der Waals surface area (Å²) in [5.74, 6) is 2.22. The van der Waals surface area contributed by atoms with Crippen molar-refractivity contribution in [3.63, 3.8) is 0 Å². The van der Waals surface area contributed by atoms with Gasteiger partial charge in [0.05, 0.1) is 39.1 Å². The molecule has 0 aliphatic carbocycles. The molecule has 1 heterocycles. The van der Waals surface area contributed by atoms with Gasteiger partial charge in [-0.15, -0.1) is 0 Å². The Morgan fingerprint density at radius 3 is 2.59 bits per heavy atom. The van der Waals surface area contributed by atoms with Gasteiger partial charge < -0.3 is 24.4 Å². The van der Waals surface area contributed by atoms with Gasteiger partial charge in [-0.25, -0.2) is 0 Å². The highest BCUT2D eigenvalue weighted by atomic mass is 16.5. The number of amides is 1. The summed E-state index contributed by atoms with van der Waals surface area (Å²) in [4.78, 5) is 13.9. The average Bonchev–Trinajstić information content (AvgIpc) is 3.15. The van der Waals surface area contributed by atoms with Crippen LogP contribution in [-0.4, -0.2) is 40.3 Å². The van der Waals surface area contributed by atoms with Crippen molar-refractivity contribution in [1.82, 2.24) is 0 Å². The lowest BCUT2D eigenvalue weighted by atomic mass is 10.0. The van der Waals surface area contributed by atoms with Crippen LogP contribution in [-0.2, 0) is 4.79 Å². The molecule has 0 saturated carbocycles. The number of hydrogen-bond donors (Lipinski definition) is 2. The highest BCUT2D eigenvalue weighted by Gasteiger charge is 2.33. The smallest absolute Gasteiger partial charge is 0.279 e. The number of quaternary nitrogens is 1. The number of anilines is 1. The van der Waals surface area contributed by atoms with Crippen LogP contribution >= 0.6 is 0 Å². The number of methoxy groups -OCH3 is 3. The molecule has 1 aliphatic heterocycles. The van der Waals surface area contributed by atoms with Crippen molar-refractivity contribution in [3.05, 3.63) is 48.0 Å². The molecular formula is C21H27N2O4+. The molecule has 1 unspecified atom stereocenters. The molecule has 2 aromatic rings. The molecule has 6 heteroatoms. The normalized spacial score (nSPS) is 18.8. The summed E-state index contributed by atoms with van der Waals surface area (Å²) in [6.07, 6.45) is 2.11. The molecule has 3 rings (SSSR count). The monoisotopic (exact) mass is 371 g/mol. The lowest BCUT2D eigenvalue weighted by molar-refractivity contribution is -0.910. The van der Waals surface area contributed by atoms with Crippen LogP contribution < -0.4 is 24.4 Å². The minimum Gasteiger partial charge on any atom is -0.497 e. The predicted octanol–water partition coefficient (Wildman–Crippen LogP) is 2.07. The van der Waals surface area contributed by atoms with Crippen LogP contribution in [0.2, 0.25) is 0 Å². The largest absolute Gasteiger partial charge is 0.497 e. The van der Waals surface area contributed by atoms with Gasteiger partial charge in [0.2, 0.25) is 0 Å². The van der Waals surface area contributed by atoms with Crippen molar-refractivity contribution in [2.75, 3.05) is 39.7 Å². The van der Waals surface area contributed by atoms with Crippen molar-refractivity contribution in [2.24, 2.45) is 0 Å². The van der Waals surface area contributed by atoms with E-state index in [-0.39, 0.29) is 11.9 Å². The summed E-state index contributed by atoms with van der Waals surface area (Å²) in [7, 11) is 4.91. The maximum Gasteiger partial charge on any atom is 0.279 e. The molecule has 6 nitrogen and oxygen atoms in total. The molecular weight excluding hydrogens is 344 g/mol.